The summed E-state index contributed by atoms with van der Waals surface area (Å²) in [6.07, 6.45) is 3.87. The van der Waals surface area contributed by atoms with E-state index < -0.39 is 0 Å². The highest BCUT2D eigenvalue weighted by Gasteiger charge is 2.29. The lowest BCUT2D eigenvalue weighted by molar-refractivity contribution is 0.251. The normalized spacial score (nSPS) is 25.9. The Hall–Kier alpha value is -0.340. The summed E-state index contributed by atoms with van der Waals surface area (Å²) >= 11 is 3.45. The minimum absolute atomic E-state index is 0.791. The summed E-state index contributed by atoms with van der Waals surface area (Å²) in [6.45, 7) is 0.845. The molecule has 1 fully saturated rings. The van der Waals surface area contributed by atoms with Gasteiger partial charge in [0.15, 0.2) is 0 Å². The standard InChI is InChI=1S/C12H16BrN/c13-12-3-1-10(2-4-12)11-7-9(8-11)5-6-14/h1-4,9,11H,5-8,14H2. The molecule has 76 valence electrons. The quantitative estimate of drug-likeness (QED) is 0.880. The first-order valence-electron chi connectivity index (χ1n) is 5.25. The zero-order valence-electron chi connectivity index (χ0n) is 8.25. The predicted molar refractivity (Wildman–Crippen MR) is 63.3 cm³/mol. The number of halogens is 1. The molecule has 0 heterocycles. The largest absolute Gasteiger partial charge is 0.330 e. The van der Waals surface area contributed by atoms with E-state index in [1.54, 1.807) is 0 Å². The molecule has 0 saturated heterocycles. The van der Waals surface area contributed by atoms with Crippen molar-refractivity contribution in [1.29, 1.82) is 0 Å². The topological polar surface area (TPSA) is 26.0 Å². The molecule has 1 aromatic rings. The molecule has 0 atom stereocenters. The van der Waals surface area contributed by atoms with Gasteiger partial charge in [-0.1, -0.05) is 28.1 Å². The van der Waals surface area contributed by atoms with Gasteiger partial charge in [-0.05, 0) is 55.3 Å². The maximum absolute atomic E-state index is 5.54. The van der Waals surface area contributed by atoms with Gasteiger partial charge in [0.25, 0.3) is 0 Å². The minimum Gasteiger partial charge on any atom is -0.330 e. The first kappa shape index (κ1) is 10.2. The van der Waals surface area contributed by atoms with Crippen LogP contribution in [0.4, 0.5) is 0 Å². The second-order valence-corrected chi connectivity index (χ2v) is 5.08. The molecule has 0 unspecified atom stereocenters. The van der Waals surface area contributed by atoms with Gasteiger partial charge in [-0.25, -0.2) is 0 Å². The lowest BCUT2D eigenvalue weighted by Gasteiger charge is -2.35. The van der Waals surface area contributed by atoms with E-state index in [0.717, 1.165) is 18.4 Å². The van der Waals surface area contributed by atoms with Crippen LogP contribution in [0.2, 0.25) is 0 Å². The lowest BCUT2D eigenvalue weighted by atomic mass is 9.70. The molecule has 1 aromatic carbocycles. The Morgan fingerprint density at radius 3 is 2.43 bits per heavy atom. The molecule has 0 amide bonds. The van der Waals surface area contributed by atoms with Gasteiger partial charge in [0.2, 0.25) is 0 Å². The molecule has 0 bridgehead atoms. The molecule has 2 heteroatoms. The van der Waals surface area contributed by atoms with Gasteiger partial charge >= 0.3 is 0 Å². The van der Waals surface area contributed by atoms with Crippen LogP contribution in [0.1, 0.15) is 30.7 Å². The molecular weight excluding hydrogens is 238 g/mol. The number of hydrogen-bond donors (Lipinski definition) is 1. The van der Waals surface area contributed by atoms with E-state index in [1.165, 1.54) is 29.3 Å². The van der Waals surface area contributed by atoms with E-state index in [0.29, 0.717) is 0 Å². The van der Waals surface area contributed by atoms with E-state index in [4.69, 9.17) is 5.73 Å². The molecule has 1 aliphatic rings. The van der Waals surface area contributed by atoms with Crippen molar-refractivity contribution in [1.82, 2.24) is 0 Å². The molecule has 0 radical (unpaired) electrons. The van der Waals surface area contributed by atoms with E-state index in [1.807, 2.05) is 0 Å². The summed E-state index contributed by atoms with van der Waals surface area (Å²) in [6, 6.07) is 8.72. The van der Waals surface area contributed by atoms with E-state index in [9.17, 15) is 0 Å². The number of hydrogen-bond acceptors (Lipinski definition) is 1. The van der Waals surface area contributed by atoms with Gasteiger partial charge in [0.1, 0.15) is 0 Å². The van der Waals surface area contributed by atoms with Gasteiger partial charge in [0, 0.05) is 4.47 Å². The summed E-state index contributed by atoms with van der Waals surface area (Å²) < 4.78 is 1.17. The molecule has 2 N–H and O–H groups in total. The van der Waals surface area contributed by atoms with Crippen LogP contribution in [-0.4, -0.2) is 6.54 Å². The SMILES string of the molecule is NCCC1CC(c2ccc(Br)cc2)C1. The van der Waals surface area contributed by atoms with Crippen LogP contribution in [0, 0.1) is 5.92 Å². The number of rotatable bonds is 3. The fraction of sp³-hybridized carbons (Fsp3) is 0.500. The third-order valence-electron chi connectivity index (χ3n) is 3.15. The van der Waals surface area contributed by atoms with Crippen molar-refractivity contribution in [2.24, 2.45) is 11.7 Å². The second kappa shape index (κ2) is 4.45. The number of benzene rings is 1. The Labute approximate surface area is 93.8 Å². The van der Waals surface area contributed by atoms with Crippen LogP contribution in [-0.2, 0) is 0 Å². The van der Waals surface area contributed by atoms with Crippen LogP contribution < -0.4 is 5.73 Å². The third kappa shape index (κ3) is 2.18. The van der Waals surface area contributed by atoms with Crippen molar-refractivity contribution < 1.29 is 0 Å². The summed E-state index contributed by atoms with van der Waals surface area (Å²) in [5, 5.41) is 0. The van der Waals surface area contributed by atoms with Gasteiger partial charge < -0.3 is 5.73 Å². The molecule has 14 heavy (non-hydrogen) atoms. The first-order chi connectivity index (χ1) is 6.79. The predicted octanol–water partition coefficient (Wildman–Crippen LogP) is 3.29. The zero-order valence-corrected chi connectivity index (χ0v) is 9.83. The van der Waals surface area contributed by atoms with Crippen LogP contribution in [0.25, 0.3) is 0 Å². The van der Waals surface area contributed by atoms with Crippen molar-refractivity contribution in [3.05, 3.63) is 34.3 Å². The monoisotopic (exact) mass is 253 g/mol. The molecule has 0 aromatic heterocycles. The highest BCUT2D eigenvalue weighted by molar-refractivity contribution is 9.10. The maximum Gasteiger partial charge on any atom is 0.0175 e. The third-order valence-corrected chi connectivity index (χ3v) is 3.68. The van der Waals surface area contributed by atoms with E-state index in [2.05, 4.69) is 40.2 Å². The Morgan fingerprint density at radius 1 is 1.21 bits per heavy atom. The van der Waals surface area contributed by atoms with E-state index in [-0.39, 0.29) is 0 Å². The average molecular weight is 254 g/mol. The van der Waals surface area contributed by atoms with Crippen molar-refractivity contribution in [3.63, 3.8) is 0 Å². The van der Waals surface area contributed by atoms with Gasteiger partial charge in [-0.2, -0.15) is 0 Å². The Kier molecular flexibility index (Phi) is 3.24. The van der Waals surface area contributed by atoms with Crippen LogP contribution in [0.5, 0.6) is 0 Å². The summed E-state index contributed by atoms with van der Waals surface area (Å²) in [7, 11) is 0. The highest BCUT2D eigenvalue weighted by Crippen LogP contribution is 2.43. The molecular formula is C12H16BrN. The maximum atomic E-state index is 5.54. The Balaban J connectivity index is 1.90. The Bertz CT molecular complexity index is 288. The van der Waals surface area contributed by atoms with Crippen molar-refractivity contribution in [2.75, 3.05) is 6.54 Å². The van der Waals surface area contributed by atoms with Gasteiger partial charge in [-0.3, -0.25) is 0 Å². The smallest absolute Gasteiger partial charge is 0.0175 e. The number of nitrogens with two attached hydrogens (primary N) is 1. The molecule has 2 rings (SSSR count). The molecule has 1 aliphatic carbocycles. The van der Waals surface area contributed by atoms with Crippen molar-refractivity contribution in [3.8, 4) is 0 Å². The van der Waals surface area contributed by atoms with Crippen molar-refractivity contribution >= 4 is 15.9 Å². The zero-order chi connectivity index (χ0) is 9.97. The van der Waals surface area contributed by atoms with Crippen molar-refractivity contribution in [2.45, 2.75) is 25.2 Å². The van der Waals surface area contributed by atoms with Gasteiger partial charge in [-0.15, -0.1) is 0 Å². The first-order valence-corrected chi connectivity index (χ1v) is 6.04. The lowest BCUT2D eigenvalue weighted by Crippen LogP contribution is -2.24. The van der Waals surface area contributed by atoms with Crippen LogP contribution in [0.15, 0.2) is 28.7 Å². The summed E-state index contributed by atoms with van der Waals surface area (Å²) in [5.74, 6) is 1.67. The summed E-state index contributed by atoms with van der Waals surface area (Å²) in [4.78, 5) is 0. The molecule has 1 nitrogen and oxygen atoms in total. The Morgan fingerprint density at radius 2 is 1.86 bits per heavy atom. The second-order valence-electron chi connectivity index (χ2n) is 4.16. The molecule has 0 aliphatic heterocycles. The fourth-order valence-electron chi connectivity index (χ4n) is 2.21. The minimum atomic E-state index is 0.791. The average Bonchev–Trinajstić information content (AvgIpc) is 2.13. The van der Waals surface area contributed by atoms with Gasteiger partial charge in [0.05, 0.1) is 0 Å². The van der Waals surface area contributed by atoms with E-state index >= 15 is 0 Å². The fourth-order valence-corrected chi connectivity index (χ4v) is 2.48. The highest BCUT2D eigenvalue weighted by atomic mass is 79.9. The van der Waals surface area contributed by atoms with Crippen LogP contribution in [0.3, 0.4) is 0 Å². The molecule has 1 saturated carbocycles. The molecule has 0 spiro atoms. The summed E-state index contributed by atoms with van der Waals surface area (Å²) in [5.41, 5.74) is 7.02. The van der Waals surface area contributed by atoms with Crippen LogP contribution >= 0.6 is 15.9 Å².